The van der Waals surface area contributed by atoms with Crippen LogP contribution in [-0.4, -0.2) is 47.1 Å². The summed E-state index contributed by atoms with van der Waals surface area (Å²) in [6.45, 7) is 0.0802. The molecule has 0 N–H and O–H groups in total. The molecule has 0 saturated heterocycles. The van der Waals surface area contributed by atoms with Gasteiger partial charge in [-0.1, -0.05) is 17.3 Å². The van der Waals surface area contributed by atoms with Crippen molar-refractivity contribution in [3.05, 3.63) is 90.5 Å². The van der Waals surface area contributed by atoms with E-state index in [1.54, 1.807) is 38.4 Å². The van der Waals surface area contributed by atoms with E-state index in [4.69, 9.17) is 28.4 Å². The number of furan rings is 1. The maximum absolute atomic E-state index is 6.32. The first-order chi connectivity index (χ1) is 19.7. The molecule has 0 aliphatic rings. The van der Waals surface area contributed by atoms with Crippen molar-refractivity contribution in [2.24, 2.45) is 5.16 Å². The highest BCUT2D eigenvalue weighted by molar-refractivity contribution is 6.07. The van der Waals surface area contributed by atoms with Crippen molar-refractivity contribution in [3.63, 3.8) is 0 Å². The number of hydrogen-bond acceptors (Lipinski definition) is 9. The Kier molecular flexibility index (Phi) is 6.72. The SMILES string of the molecule is COc1ccc(C=NOCc2nc3c4c(-c5ccc(OC)cc5)c(-c5ccc(OC)cc5)oc4ncn3n2)cc1. The summed E-state index contributed by atoms with van der Waals surface area (Å²) in [4.78, 5) is 14.8. The molecule has 0 aliphatic carbocycles. The molecule has 0 fully saturated rings. The molecule has 200 valence electrons. The minimum atomic E-state index is 0.0802. The Hall–Kier alpha value is -5.38. The molecule has 40 heavy (non-hydrogen) atoms. The van der Waals surface area contributed by atoms with Crippen LogP contribution in [0, 0.1) is 0 Å². The maximum atomic E-state index is 6.32. The Morgan fingerprint density at radius 2 is 1.40 bits per heavy atom. The third kappa shape index (κ3) is 4.78. The molecular weight excluding hydrogens is 510 g/mol. The lowest BCUT2D eigenvalue weighted by molar-refractivity contribution is 0.126. The summed E-state index contributed by atoms with van der Waals surface area (Å²) in [6.07, 6.45) is 3.20. The Labute approximate surface area is 229 Å². The zero-order valence-corrected chi connectivity index (χ0v) is 22.1. The molecule has 0 saturated carbocycles. The fourth-order valence-corrected chi connectivity index (χ4v) is 4.37. The summed E-state index contributed by atoms with van der Waals surface area (Å²) in [5.74, 6) is 3.39. The van der Waals surface area contributed by atoms with Gasteiger partial charge in [-0.25, -0.2) is 14.5 Å². The molecule has 0 bridgehead atoms. The van der Waals surface area contributed by atoms with Crippen LogP contribution >= 0.6 is 0 Å². The van der Waals surface area contributed by atoms with Gasteiger partial charge in [-0.15, -0.1) is 5.10 Å². The molecule has 6 rings (SSSR count). The van der Waals surface area contributed by atoms with Gasteiger partial charge in [-0.05, 0) is 71.8 Å². The summed E-state index contributed by atoms with van der Waals surface area (Å²) >= 11 is 0. The van der Waals surface area contributed by atoms with Crippen LogP contribution in [0.1, 0.15) is 11.4 Å². The number of hydrogen-bond donors (Lipinski definition) is 0. The highest BCUT2D eigenvalue weighted by Crippen LogP contribution is 2.42. The monoisotopic (exact) mass is 535 g/mol. The Bertz CT molecular complexity index is 1790. The van der Waals surface area contributed by atoms with Crippen molar-refractivity contribution in [2.75, 3.05) is 21.3 Å². The van der Waals surface area contributed by atoms with Crippen molar-refractivity contribution >= 4 is 23.0 Å². The first-order valence-corrected chi connectivity index (χ1v) is 12.4. The normalized spacial score (nSPS) is 11.4. The molecule has 0 radical (unpaired) electrons. The number of nitrogens with zero attached hydrogens (tertiary/aromatic N) is 5. The van der Waals surface area contributed by atoms with Crippen LogP contribution in [0.5, 0.6) is 17.2 Å². The molecule has 3 heterocycles. The molecule has 0 unspecified atom stereocenters. The first kappa shape index (κ1) is 24.9. The van der Waals surface area contributed by atoms with Crippen molar-refractivity contribution in [3.8, 4) is 39.7 Å². The van der Waals surface area contributed by atoms with E-state index in [9.17, 15) is 0 Å². The van der Waals surface area contributed by atoms with Crippen molar-refractivity contribution in [1.29, 1.82) is 0 Å². The first-order valence-electron chi connectivity index (χ1n) is 12.4. The van der Waals surface area contributed by atoms with E-state index in [-0.39, 0.29) is 6.61 Å². The number of aromatic nitrogens is 4. The van der Waals surface area contributed by atoms with Gasteiger partial charge in [0, 0.05) is 11.1 Å². The lowest BCUT2D eigenvalue weighted by atomic mass is 9.99. The van der Waals surface area contributed by atoms with Gasteiger partial charge in [-0.3, -0.25) is 0 Å². The Morgan fingerprint density at radius 3 is 2.02 bits per heavy atom. The third-order valence-electron chi connectivity index (χ3n) is 6.39. The van der Waals surface area contributed by atoms with Gasteiger partial charge in [0.1, 0.15) is 29.3 Å². The second-order valence-electron chi connectivity index (χ2n) is 8.77. The lowest BCUT2D eigenvalue weighted by Crippen LogP contribution is -1.93. The van der Waals surface area contributed by atoms with Gasteiger partial charge in [0.2, 0.25) is 5.71 Å². The van der Waals surface area contributed by atoms with Gasteiger partial charge in [0.25, 0.3) is 0 Å². The maximum Gasteiger partial charge on any atom is 0.232 e. The van der Waals surface area contributed by atoms with Crippen LogP contribution in [0.15, 0.2) is 88.7 Å². The second kappa shape index (κ2) is 10.8. The molecule has 6 aromatic rings. The number of oxime groups is 1. The molecule has 0 aliphatic heterocycles. The predicted octanol–water partition coefficient (Wildman–Crippen LogP) is 5.78. The molecule has 3 aromatic carbocycles. The van der Waals surface area contributed by atoms with Crippen LogP contribution in [0.25, 0.3) is 39.2 Å². The number of fused-ring (bicyclic) bond motifs is 3. The number of ether oxygens (including phenoxy) is 3. The highest BCUT2D eigenvalue weighted by Gasteiger charge is 2.23. The molecule has 10 nitrogen and oxygen atoms in total. The number of rotatable bonds is 9. The van der Waals surface area contributed by atoms with Gasteiger partial charge in [0.15, 0.2) is 18.1 Å². The van der Waals surface area contributed by atoms with Gasteiger partial charge in [0.05, 0.1) is 32.9 Å². The summed E-state index contributed by atoms with van der Waals surface area (Å²) in [5.41, 5.74) is 4.56. The summed E-state index contributed by atoms with van der Waals surface area (Å²) in [6, 6.07) is 22.9. The van der Waals surface area contributed by atoms with E-state index in [0.717, 1.165) is 44.9 Å². The second-order valence-corrected chi connectivity index (χ2v) is 8.77. The third-order valence-corrected chi connectivity index (χ3v) is 6.39. The lowest BCUT2D eigenvalue weighted by Gasteiger charge is -2.06. The van der Waals surface area contributed by atoms with Crippen LogP contribution in [0.4, 0.5) is 0 Å². The van der Waals surface area contributed by atoms with Gasteiger partial charge in [-0.2, -0.15) is 0 Å². The molecule has 0 spiro atoms. The Balaban J connectivity index is 1.38. The largest absolute Gasteiger partial charge is 0.497 e. The molecular formula is C30H25N5O5. The van der Waals surface area contributed by atoms with Crippen molar-refractivity contribution in [1.82, 2.24) is 19.6 Å². The fourth-order valence-electron chi connectivity index (χ4n) is 4.37. The molecule has 0 atom stereocenters. The highest BCUT2D eigenvalue weighted by atomic mass is 16.6. The number of benzene rings is 3. The predicted molar refractivity (Wildman–Crippen MR) is 150 cm³/mol. The summed E-state index contributed by atoms with van der Waals surface area (Å²) in [5, 5.41) is 9.33. The van der Waals surface area contributed by atoms with E-state index in [0.29, 0.717) is 22.9 Å². The van der Waals surface area contributed by atoms with Gasteiger partial charge < -0.3 is 23.5 Å². The average Bonchev–Trinajstić information content (AvgIpc) is 3.61. The number of methoxy groups -OCH3 is 3. The van der Waals surface area contributed by atoms with E-state index in [1.165, 1.54) is 0 Å². The topological polar surface area (TPSA) is 106 Å². The fraction of sp³-hybridized carbons (Fsp3) is 0.133. The minimum absolute atomic E-state index is 0.0802. The minimum Gasteiger partial charge on any atom is -0.497 e. The van der Waals surface area contributed by atoms with Crippen molar-refractivity contribution in [2.45, 2.75) is 6.61 Å². The molecule has 10 heteroatoms. The van der Waals surface area contributed by atoms with Gasteiger partial charge >= 0.3 is 0 Å². The standard InChI is InChI=1S/C30H25N5O5/c1-36-22-10-4-19(5-11-22)16-32-39-17-25-33-29-27-26(20-6-12-23(37-2)13-7-20)28(21-8-14-24(38-3)15-9-21)40-30(27)31-18-35(29)34-25/h4-16,18H,17H2,1-3H3. The average molecular weight is 536 g/mol. The van der Waals surface area contributed by atoms with Crippen LogP contribution in [0.2, 0.25) is 0 Å². The van der Waals surface area contributed by atoms with E-state index < -0.39 is 0 Å². The van der Waals surface area contributed by atoms with Crippen molar-refractivity contribution < 1.29 is 23.5 Å². The van der Waals surface area contributed by atoms with Crippen LogP contribution in [-0.2, 0) is 11.4 Å². The smallest absolute Gasteiger partial charge is 0.232 e. The quantitative estimate of drug-likeness (QED) is 0.169. The summed E-state index contributed by atoms with van der Waals surface area (Å²) < 4.78 is 23.8. The van der Waals surface area contributed by atoms with E-state index in [2.05, 4.69) is 15.2 Å². The molecule has 0 amide bonds. The van der Waals surface area contributed by atoms with Crippen LogP contribution < -0.4 is 14.2 Å². The zero-order valence-electron chi connectivity index (χ0n) is 22.1. The van der Waals surface area contributed by atoms with Crippen LogP contribution in [0.3, 0.4) is 0 Å². The molecule has 3 aromatic heterocycles. The zero-order chi connectivity index (χ0) is 27.5. The van der Waals surface area contributed by atoms with E-state index in [1.807, 2.05) is 72.8 Å². The van der Waals surface area contributed by atoms with E-state index >= 15 is 0 Å². The summed E-state index contributed by atoms with van der Waals surface area (Å²) in [7, 11) is 4.90. The Morgan fingerprint density at radius 1 is 0.800 bits per heavy atom.